The molecule has 1 fully saturated rings. The zero-order valence-corrected chi connectivity index (χ0v) is 24.3. The van der Waals surface area contributed by atoms with Gasteiger partial charge < -0.3 is 19.6 Å². The van der Waals surface area contributed by atoms with E-state index in [1.54, 1.807) is 49.6 Å². The normalized spacial score (nSPS) is 16.2. The number of anilines is 1. The summed E-state index contributed by atoms with van der Waals surface area (Å²) in [5.41, 5.74) is 6.35. The maximum atomic E-state index is 13.6. The van der Waals surface area contributed by atoms with Gasteiger partial charge in [-0.1, -0.05) is 42.5 Å². The summed E-state index contributed by atoms with van der Waals surface area (Å²) >= 11 is 0. The number of hydrogen-bond acceptors (Lipinski definition) is 6. The Morgan fingerprint density at radius 3 is 2.33 bits per heavy atom. The molecule has 1 aromatic heterocycles. The van der Waals surface area contributed by atoms with Crippen LogP contribution in [0.15, 0.2) is 90.5 Å². The van der Waals surface area contributed by atoms with Gasteiger partial charge in [-0.2, -0.15) is 0 Å². The number of aryl methyl sites for hydroxylation is 3. The molecule has 0 spiro atoms. The maximum Gasteiger partial charge on any atom is 0.302 e. The Bertz CT molecular complexity index is 1850. The minimum atomic E-state index is -0.928. The van der Waals surface area contributed by atoms with Crippen molar-refractivity contribution in [2.75, 3.05) is 12.0 Å². The number of ketones is 1. The Balaban J connectivity index is 1.43. The van der Waals surface area contributed by atoms with E-state index < -0.39 is 17.7 Å². The molecule has 2 heterocycles. The molecule has 1 amide bonds. The first-order valence-corrected chi connectivity index (χ1v) is 13.9. The molecule has 8 nitrogen and oxygen atoms in total. The number of nitrogens with zero attached hydrogens (tertiary/aromatic N) is 2. The van der Waals surface area contributed by atoms with E-state index in [0.29, 0.717) is 34.7 Å². The highest BCUT2D eigenvalue weighted by atomic mass is 16.5. The van der Waals surface area contributed by atoms with E-state index in [-0.39, 0.29) is 17.3 Å². The summed E-state index contributed by atoms with van der Waals surface area (Å²) in [4.78, 5) is 36.5. The van der Waals surface area contributed by atoms with Gasteiger partial charge in [0, 0.05) is 5.56 Å². The lowest BCUT2D eigenvalue weighted by Gasteiger charge is -2.23. The number of aliphatic hydroxyl groups excluding tert-OH is 1. The molecule has 4 aromatic carbocycles. The highest BCUT2D eigenvalue weighted by Crippen LogP contribution is 2.42. The summed E-state index contributed by atoms with van der Waals surface area (Å²) in [5, 5.41) is 11.6. The molecule has 5 aromatic rings. The molecule has 1 atom stereocenters. The van der Waals surface area contributed by atoms with Gasteiger partial charge in [0.15, 0.2) is 0 Å². The van der Waals surface area contributed by atoms with Crippen LogP contribution in [-0.4, -0.2) is 33.9 Å². The SMILES string of the molecule is COc1ccc(C2/C(=C(\O)c3ccc(OCc4ccccc4)c(C)c3)C(=O)C(=O)N2c2nc3cc(C)c(C)cc3[nH]2)cc1. The number of amides is 1. The second kappa shape index (κ2) is 11.1. The highest BCUT2D eigenvalue weighted by molar-refractivity contribution is 6.51. The number of aromatic nitrogens is 2. The molecule has 0 bridgehead atoms. The number of nitrogens with one attached hydrogen (secondary N) is 1. The Hall–Kier alpha value is -5.37. The standard InChI is InChI=1S/C35H31N3O5/c1-20-17-27-28(18-21(20)2)37-35(36-27)38-31(24-10-13-26(42-4)14-11-24)30(33(40)34(38)41)32(39)25-12-15-29(22(3)16-25)43-19-23-8-6-5-7-9-23/h5-18,31,39H,19H2,1-4H3,(H,36,37)/b32-30+. The lowest BCUT2D eigenvalue weighted by atomic mass is 9.95. The smallest absolute Gasteiger partial charge is 0.302 e. The Morgan fingerprint density at radius 1 is 0.907 bits per heavy atom. The van der Waals surface area contributed by atoms with Crippen molar-refractivity contribution in [1.29, 1.82) is 0 Å². The summed E-state index contributed by atoms with van der Waals surface area (Å²) in [6.07, 6.45) is 0. The van der Waals surface area contributed by atoms with Crippen LogP contribution in [-0.2, 0) is 16.2 Å². The van der Waals surface area contributed by atoms with Crippen LogP contribution in [0.1, 0.15) is 39.4 Å². The van der Waals surface area contributed by atoms with Crippen LogP contribution >= 0.6 is 0 Å². The van der Waals surface area contributed by atoms with Crippen LogP contribution in [0.25, 0.3) is 16.8 Å². The number of methoxy groups -OCH3 is 1. The molecule has 0 aliphatic carbocycles. The second-order valence-electron chi connectivity index (χ2n) is 10.7. The van der Waals surface area contributed by atoms with Crippen LogP contribution in [0.5, 0.6) is 11.5 Å². The van der Waals surface area contributed by atoms with Gasteiger partial charge in [-0.05, 0) is 91.1 Å². The zero-order chi connectivity index (χ0) is 30.2. The van der Waals surface area contributed by atoms with Gasteiger partial charge in [-0.15, -0.1) is 0 Å². The van der Waals surface area contributed by atoms with E-state index >= 15 is 0 Å². The molecule has 0 radical (unpaired) electrons. The molecule has 216 valence electrons. The highest BCUT2D eigenvalue weighted by Gasteiger charge is 2.48. The molecule has 1 aliphatic heterocycles. The van der Waals surface area contributed by atoms with E-state index in [4.69, 9.17) is 9.47 Å². The first kappa shape index (κ1) is 27.8. The van der Waals surface area contributed by atoms with Crippen LogP contribution < -0.4 is 14.4 Å². The number of imidazole rings is 1. The van der Waals surface area contributed by atoms with E-state index in [1.165, 1.54) is 4.90 Å². The number of benzene rings is 4. The maximum absolute atomic E-state index is 13.6. The molecule has 2 N–H and O–H groups in total. The number of carbonyl (C=O) groups excluding carboxylic acids is 2. The third-order valence-electron chi connectivity index (χ3n) is 7.87. The van der Waals surface area contributed by atoms with Crippen molar-refractivity contribution in [3.63, 3.8) is 0 Å². The fraction of sp³-hybridized carbons (Fsp3) is 0.171. The zero-order valence-electron chi connectivity index (χ0n) is 24.3. The minimum absolute atomic E-state index is 0.0275. The molecule has 1 unspecified atom stereocenters. The molecule has 1 saturated heterocycles. The van der Waals surface area contributed by atoms with Gasteiger partial charge in [-0.25, -0.2) is 4.98 Å². The number of fused-ring (bicyclic) bond motifs is 1. The van der Waals surface area contributed by atoms with E-state index in [9.17, 15) is 14.7 Å². The van der Waals surface area contributed by atoms with Crippen molar-refractivity contribution in [2.24, 2.45) is 0 Å². The predicted octanol–water partition coefficient (Wildman–Crippen LogP) is 6.70. The number of H-pyrrole nitrogens is 1. The Kier molecular flexibility index (Phi) is 7.19. The summed E-state index contributed by atoms with van der Waals surface area (Å²) in [6, 6.07) is 25.1. The van der Waals surface area contributed by atoms with E-state index in [1.807, 2.05) is 63.2 Å². The van der Waals surface area contributed by atoms with Crippen LogP contribution in [0, 0.1) is 20.8 Å². The summed E-state index contributed by atoms with van der Waals surface area (Å²) in [7, 11) is 1.56. The number of aromatic amines is 1. The Labute approximate surface area is 249 Å². The average molecular weight is 574 g/mol. The number of carbonyl (C=O) groups is 2. The topological polar surface area (TPSA) is 105 Å². The predicted molar refractivity (Wildman–Crippen MR) is 165 cm³/mol. The summed E-state index contributed by atoms with van der Waals surface area (Å²) in [5.74, 6) is -0.356. The fourth-order valence-corrected chi connectivity index (χ4v) is 5.37. The molecule has 1 aliphatic rings. The van der Waals surface area contributed by atoms with E-state index in [0.717, 1.165) is 27.8 Å². The fourth-order valence-electron chi connectivity index (χ4n) is 5.37. The van der Waals surface area contributed by atoms with Crippen LogP contribution in [0.2, 0.25) is 0 Å². The number of rotatable bonds is 7. The van der Waals surface area contributed by atoms with Crippen molar-refractivity contribution in [2.45, 2.75) is 33.4 Å². The van der Waals surface area contributed by atoms with Crippen molar-refractivity contribution >= 4 is 34.4 Å². The molecule has 8 heteroatoms. The van der Waals surface area contributed by atoms with Gasteiger partial charge in [-0.3, -0.25) is 14.5 Å². The molecular weight excluding hydrogens is 542 g/mol. The van der Waals surface area contributed by atoms with Gasteiger partial charge in [0.25, 0.3) is 5.78 Å². The average Bonchev–Trinajstić information content (AvgIpc) is 3.53. The lowest BCUT2D eigenvalue weighted by Crippen LogP contribution is -2.30. The van der Waals surface area contributed by atoms with Crippen molar-refractivity contribution < 1.29 is 24.2 Å². The first-order chi connectivity index (χ1) is 20.7. The second-order valence-corrected chi connectivity index (χ2v) is 10.7. The minimum Gasteiger partial charge on any atom is -0.507 e. The van der Waals surface area contributed by atoms with E-state index in [2.05, 4.69) is 9.97 Å². The van der Waals surface area contributed by atoms with Gasteiger partial charge >= 0.3 is 5.91 Å². The first-order valence-electron chi connectivity index (χ1n) is 13.9. The number of aliphatic hydroxyl groups is 1. The molecule has 6 rings (SSSR count). The third-order valence-corrected chi connectivity index (χ3v) is 7.87. The molecule has 0 saturated carbocycles. The Morgan fingerprint density at radius 2 is 1.63 bits per heavy atom. The quantitative estimate of drug-likeness (QED) is 0.128. The number of hydrogen-bond donors (Lipinski definition) is 2. The largest absolute Gasteiger partial charge is 0.507 e. The van der Waals surface area contributed by atoms with Crippen molar-refractivity contribution in [3.05, 3.63) is 124 Å². The number of ether oxygens (including phenoxy) is 2. The summed E-state index contributed by atoms with van der Waals surface area (Å²) in [6.45, 7) is 6.26. The van der Waals surface area contributed by atoms with Crippen LogP contribution in [0.3, 0.4) is 0 Å². The lowest BCUT2D eigenvalue weighted by molar-refractivity contribution is -0.132. The van der Waals surface area contributed by atoms with Gasteiger partial charge in [0.2, 0.25) is 5.95 Å². The van der Waals surface area contributed by atoms with Gasteiger partial charge in [0.1, 0.15) is 23.9 Å². The van der Waals surface area contributed by atoms with Gasteiger partial charge in [0.05, 0.1) is 29.8 Å². The van der Waals surface area contributed by atoms with Crippen molar-refractivity contribution in [3.8, 4) is 11.5 Å². The monoisotopic (exact) mass is 573 g/mol. The van der Waals surface area contributed by atoms with Crippen LogP contribution in [0.4, 0.5) is 5.95 Å². The van der Waals surface area contributed by atoms with Crippen molar-refractivity contribution in [1.82, 2.24) is 9.97 Å². The molecular formula is C35H31N3O5. The molecule has 43 heavy (non-hydrogen) atoms. The summed E-state index contributed by atoms with van der Waals surface area (Å²) < 4.78 is 11.3. The number of Topliss-reactive ketones (excluding diaryl/α,β-unsaturated/α-hetero) is 1. The third kappa shape index (κ3) is 5.12.